The van der Waals surface area contributed by atoms with E-state index in [2.05, 4.69) is 39.7 Å². The Kier molecular flexibility index (Phi) is 8.12. The van der Waals surface area contributed by atoms with Gasteiger partial charge in [0.25, 0.3) is 0 Å². The summed E-state index contributed by atoms with van der Waals surface area (Å²) in [5.41, 5.74) is 4.60. The van der Waals surface area contributed by atoms with Gasteiger partial charge in [0.15, 0.2) is 11.5 Å². The first-order valence-corrected chi connectivity index (χ1v) is 10.4. The summed E-state index contributed by atoms with van der Waals surface area (Å²) in [7, 11) is 4.67. The summed E-state index contributed by atoms with van der Waals surface area (Å²) in [6.45, 7) is 4.85. The molecule has 0 saturated carbocycles. The Balaban J connectivity index is 1.44. The Morgan fingerprint density at radius 2 is 1.71 bits per heavy atom. The largest absolute Gasteiger partial charge is 0.493 e. The average Bonchev–Trinajstić information content (AvgIpc) is 2.83. The van der Waals surface area contributed by atoms with Crippen molar-refractivity contribution in [3.8, 4) is 17.2 Å². The van der Waals surface area contributed by atoms with E-state index in [0.717, 1.165) is 38.3 Å². The molecular formula is C23H31N4O4+. The van der Waals surface area contributed by atoms with Crippen LogP contribution in [0.25, 0.3) is 0 Å². The number of anilines is 1. The Hall–Kier alpha value is -3.26. The lowest BCUT2D eigenvalue weighted by Crippen LogP contribution is -3.15. The molecule has 2 aromatic rings. The molecule has 0 aliphatic carbocycles. The summed E-state index contributed by atoms with van der Waals surface area (Å²) in [4.78, 5) is 16.0. The number of quaternary nitrogens is 1. The van der Waals surface area contributed by atoms with Gasteiger partial charge in [-0.1, -0.05) is 18.2 Å². The summed E-state index contributed by atoms with van der Waals surface area (Å²) in [6, 6.07) is 14.0. The molecule has 1 heterocycles. The number of carbonyl (C=O) groups excluding carboxylic acids is 1. The van der Waals surface area contributed by atoms with Gasteiger partial charge < -0.3 is 24.0 Å². The van der Waals surface area contributed by atoms with Crippen LogP contribution in [0.15, 0.2) is 47.6 Å². The SMILES string of the molecule is COc1cc(/C=N\NC(=O)CC[NH+]2CCN(c3ccccc3)CC2)cc(OC)c1OC. The Morgan fingerprint density at radius 3 is 2.29 bits per heavy atom. The van der Waals surface area contributed by atoms with Gasteiger partial charge >= 0.3 is 0 Å². The van der Waals surface area contributed by atoms with E-state index in [1.807, 2.05) is 6.07 Å². The van der Waals surface area contributed by atoms with Crippen molar-refractivity contribution in [3.05, 3.63) is 48.0 Å². The fourth-order valence-corrected chi connectivity index (χ4v) is 3.67. The molecule has 31 heavy (non-hydrogen) atoms. The van der Waals surface area contributed by atoms with Gasteiger partial charge in [-0.15, -0.1) is 0 Å². The van der Waals surface area contributed by atoms with E-state index < -0.39 is 0 Å². The van der Waals surface area contributed by atoms with Crippen molar-refractivity contribution < 1.29 is 23.9 Å². The molecule has 0 aromatic heterocycles. The molecule has 1 aliphatic heterocycles. The normalized spacial score (nSPS) is 14.5. The van der Waals surface area contributed by atoms with Gasteiger partial charge in [0.1, 0.15) is 0 Å². The molecule has 1 fully saturated rings. The number of hydrogen-bond donors (Lipinski definition) is 2. The third kappa shape index (κ3) is 6.11. The molecule has 2 N–H and O–H groups in total. The van der Waals surface area contributed by atoms with Gasteiger partial charge in [-0.05, 0) is 24.3 Å². The average molecular weight is 428 g/mol. The van der Waals surface area contributed by atoms with E-state index >= 15 is 0 Å². The second-order valence-corrected chi connectivity index (χ2v) is 7.32. The van der Waals surface area contributed by atoms with Crippen LogP contribution in [0.3, 0.4) is 0 Å². The van der Waals surface area contributed by atoms with Gasteiger partial charge in [-0.3, -0.25) is 4.79 Å². The molecule has 1 saturated heterocycles. The highest BCUT2D eigenvalue weighted by molar-refractivity contribution is 5.84. The highest BCUT2D eigenvalue weighted by atomic mass is 16.5. The number of para-hydroxylation sites is 1. The van der Waals surface area contributed by atoms with Crippen LogP contribution >= 0.6 is 0 Å². The van der Waals surface area contributed by atoms with E-state index in [0.29, 0.717) is 23.7 Å². The van der Waals surface area contributed by atoms with Crippen LogP contribution in [-0.4, -0.2) is 66.2 Å². The van der Waals surface area contributed by atoms with Gasteiger partial charge in [-0.25, -0.2) is 5.43 Å². The highest BCUT2D eigenvalue weighted by Gasteiger charge is 2.20. The van der Waals surface area contributed by atoms with E-state index in [-0.39, 0.29) is 5.91 Å². The predicted octanol–water partition coefficient (Wildman–Crippen LogP) is 0.958. The molecule has 0 spiro atoms. The van der Waals surface area contributed by atoms with Gasteiger partial charge in [0.2, 0.25) is 11.7 Å². The number of benzene rings is 2. The molecule has 0 radical (unpaired) electrons. The van der Waals surface area contributed by atoms with Crippen LogP contribution in [-0.2, 0) is 4.79 Å². The molecule has 0 unspecified atom stereocenters. The number of hydrazone groups is 1. The molecule has 3 rings (SSSR count). The number of amides is 1. The zero-order valence-electron chi connectivity index (χ0n) is 18.4. The fourth-order valence-electron chi connectivity index (χ4n) is 3.67. The summed E-state index contributed by atoms with van der Waals surface area (Å²) in [6.07, 6.45) is 2.00. The van der Waals surface area contributed by atoms with Crippen molar-refractivity contribution in [2.45, 2.75) is 6.42 Å². The van der Waals surface area contributed by atoms with Crippen LogP contribution in [0.1, 0.15) is 12.0 Å². The lowest BCUT2D eigenvalue weighted by atomic mass is 10.2. The zero-order valence-corrected chi connectivity index (χ0v) is 18.4. The second-order valence-electron chi connectivity index (χ2n) is 7.32. The van der Waals surface area contributed by atoms with Gasteiger partial charge in [-0.2, -0.15) is 5.10 Å². The van der Waals surface area contributed by atoms with Gasteiger partial charge in [0, 0.05) is 11.3 Å². The maximum atomic E-state index is 12.2. The minimum Gasteiger partial charge on any atom is -0.493 e. The van der Waals surface area contributed by atoms with Crippen LogP contribution in [0.5, 0.6) is 17.2 Å². The van der Waals surface area contributed by atoms with Crippen molar-refractivity contribution in [2.75, 3.05) is 59.0 Å². The highest BCUT2D eigenvalue weighted by Crippen LogP contribution is 2.37. The van der Waals surface area contributed by atoms with Crippen molar-refractivity contribution in [1.82, 2.24) is 5.43 Å². The molecule has 8 nitrogen and oxygen atoms in total. The van der Waals surface area contributed by atoms with Crippen molar-refractivity contribution >= 4 is 17.8 Å². The lowest BCUT2D eigenvalue weighted by molar-refractivity contribution is -0.900. The molecule has 1 aliphatic rings. The van der Waals surface area contributed by atoms with E-state index in [4.69, 9.17) is 14.2 Å². The molecule has 2 aromatic carbocycles. The summed E-state index contributed by atoms with van der Waals surface area (Å²) >= 11 is 0. The van der Waals surface area contributed by atoms with Crippen LogP contribution in [0.2, 0.25) is 0 Å². The second kappa shape index (κ2) is 11.2. The maximum Gasteiger partial charge on any atom is 0.245 e. The molecule has 8 heteroatoms. The number of ether oxygens (including phenoxy) is 3. The first-order chi connectivity index (χ1) is 15.1. The number of nitrogens with zero attached hydrogens (tertiary/aromatic N) is 2. The number of nitrogens with one attached hydrogen (secondary N) is 2. The molecule has 0 atom stereocenters. The monoisotopic (exact) mass is 427 g/mol. The zero-order chi connectivity index (χ0) is 22.1. The first kappa shape index (κ1) is 22.4. The Labute approximate surface area is 183 Å². The van der Waals surface area contributed by atoms with E-state index in [1.165, 1.54) is 10.6 Å². The first-order valence-electron chi connectivity index (χ1n) is 10.4. The van der Waals surface area contributed by atoms with Gasteiger partial charge in [0.05, 0.1) is 66.7 Å². The third-order valence-corrected chi connectivity index (χ3v) is 5.39. The topological polar surface area (TPSA) is 76.8 Å². The number of methoxy groups -OCH3 is 3. The smallest absolute Gasteiger partial charge is 0.245 e. The third-order valence-electron chi connectivity index (χ3n) is 5.39. The Morgan fingerprint density at radius 1 is 1.06 bits per heavy atom. The molecule has 1 amide bonds. The van der Waals surface area contributed by atoms with E-state index in [9.17, 15) is 4.79 Å². The van der Waals surface area contributed by atoms with Crippen molar-refractivity contribution in [2.24, 2.45) is 5.10 Å². The van der Waals surface area contributed by atoms with Crippen LogP contribution in [0.4, 0.5) is 5.69 Å². The number of rotatable bonds is 9. The standard InChI is InChI=1S/C23H30N4O4/c1-29-20-15-18(16-21(30-2)23(20)31-3)17-24-25-22(28)9-10-26-11-13-27(14-12-26)19-7-5-4-6-8-19/h4-8,15-17H,9-14H2,1-3H3,(H,25,28)/p+1/b24-17-. The number of carbonyl (C=O) groups is 1. The quantitative estimate of drug-likeness (QED) is 0.461. The van der Waals surface area contributed by atoms with E-state index in [1.54, 1.807) is 39.7 Å². The summed E-state index contributed by atoms with van der Waals surface area (Å²) < 4.78 is 16.0. The van der Waals surface area contributed by atoms with Crippen molar-refractivity contribution in [3.63, 3.8) is 0 Å². The molecular weight excluding hydrogens is 396 g/mol. The molecule has 0 bridgehead atoms. The summed E-state index contributed by atoms with van der Waals surface area (Å²) in [5, 5.41) is 4.07. The number of piperazine rings is 1. The van der Waals surface area contributed by atoms with Crippen LogP contribution in [0, 0.1) is 0 Å². The summed E-state index contributed by atoms with van der Waals surface area (Å²) in [5.74, 6) is 1.49. The molecule has 166 valence electrons. The minimum atomic E-state index is -0.0957. The van der Waals surface area contributed by atoms with Crippen molar-refractivity contribution in [1.29, 1.82) is 0 Å². The Bertz CT molecular complexity index is 855. The fraction of sp³-hybridized carbons (Fsp3) is 0.391. The number of hydrogen-bond acceptors (Lipinski definition) is 6. The predicted molar refractivity (Wildman–Crippen MR) is 121 cm³/mol. The van der Waals surface area contributed by atoms with Crippen LogP contribution < -0.4 is 29.4 Å². The minimum absolute atomic E-state index is 0.0957. The maximum absolute atomic E-state index is 12.2. The lowest BCUT2D eigenvalue weighted by Gasteiger charge is -2.33.